The van der Waals surface area contributed by atoms with Crippen molar-refractivity contribution in [2.45, 2.75) is 27.2 Å². The SMILES string of the molecule is CC(C)=C(C)C(=O)N(C)c1ccccc1-n1c(=O)ccc2cnc3ccc(Cc4ccccc4)cc3c21. The van der Waals surface area contributed by atoms with E-state index in [1.807, 2.05) is 75.4 Å². The van der Waals surface area contributed by atoms with Crippen LogP contribution in [0, 0.1) is 0 Å². The maximum absolute atomic E-state index is 13.5. The Kier molecular flexibility index (Phi) is 6.45. The third-order valence-corrected chi connectivity index (χ3v) is 6.89. The number of carbonyl (C=O) groups excluding carboxylic acids is 1. The highest BCUT2D eigenvalue weighted by Crippen LogP contribution is 2.30. The highest BCUT2D eigenvalue weighted by atomic mass is 16.2. The Labute approximate surface area is 216 Å². The molecule has 5 rings (SSSR count). The quantitative estimate of drug-likeness (QED) is 0.211. The van der Waals surface area contributed by atoms with Gasteiger partial charge in [0.15, 0.2) is 0 Å². The molecule has 3 aromatic carbocycles. The Bertz CT molecular complexity index is 1730. The maximum atomic E-state index is 13.5. The number of anilines is 1. The molecule has 0 N–H and O–H groups in total. The van der Waals surface area contributed by atoms with Gasteiger partial charge in [0.2, 0.25) is 0 Å². The number of aromatic nitrogens is 2. The van der Waals surface area contributed by atoms with Crippen LogP contribution in [0.5, 0.6) is 0 Å². The summed E-state index contributed by atoms with van der Waals surface area (Å²) >= 11 is 0. The Morgan fingerprint density at radius 3 is 2.35 bits per heavy atom. The molecule has 0 aliphatic carbocycles. The Morgan fingerprint density at radius 1 is 0.865 bits per heavy atom. The number of pyridine rings is 2. The van der Waals surface area contributed by atoms with E-state index < -0.39 is 0 Å². The van der Waals surface area contributed by atoms with Gasteiger partial charge in [0.05, 0.1) is 22.4 Å². The summed E-state index contributed by atoms with van der Waals surface area (Å²) in [4.78, 5) is 33.0. The second kappa shape index (κ2) is 9.86. The normalized spacial score (nSPS) is 11.0. The number of hydrogen-bond donors (Lipinski definition) is 0. The summed E-state index contributed by atoms with van der Waals surface area (Å²) in [5.74, 6) is -0.0996. The highest BCUT2D eigenvalue weighted by molar-refractivity contribution is 6.07. The topological polar surface area (TPSA) is 55.2 Å². The largest absolute Gasteiger partial charge is 0.310 e. The van der Waals surface area contributed by atoms with Crippen molar-refractivity contribution in [3.8, 4) is 5.69 Å². The Balaban J connectivity index is 1.75. The predicted octanol–water partition coefficient (Wildman–Crippen LogP) is 6.45. The first kappa shape index (κ1) is 24.2. The molecule has 0 fully saturated rings. The summed E-state index contributed by atoms with van der Waals surface area (Å²) in [6, 6.07) is 27.4. The van der Waals surface area contributed by atoms with Gasteiger partial charge in [-0.1, -0.05) is 54.1 Å². The number of allylic oxidation sites excluding steroid dienone is 1. The zero-order chi connectivity index (χ0) is 26.1. The molecule has 0 saturated carbocycles. The van der Waals surface area contributed by atoms with Crippen LogP contribution in [0.4, 0.5) is 5.69 Å². The average Bonchev–Trinajstić information content (AvgIpc) is 2.92. The van der Waals surface area contributed by atoms with Crippen molar-refractivity contribution in [3.63, 3.8) is 0 Å². The van der Waals surface area contributed by atoms with Crippen molar-refractivity contribution in [1.82, 2.24) is 9.55 Å². The molecule has 184 valence electrons. The molecule has 0 aliphatic rings. The summed E-state index contributed by atoms with van der Waals surface area (Å²) in [5, 5.41) is 1.75. The van der Waals surface area contributed by atoms with E-state index in [4.69, 9.17) is 0 Å². The second-order valence-electron chi connectivity index (χ2n) is 9.56. The third kappa shape index (κ3) is 4.56. The molecule has 0 radical (unpaired) electrons. The molecule has 1 amide bonds. The average molecular weight is 488 g/mol. The van der Waals surface area contributed by atoms with Crippen molar-refractivity contribution < 1.29 is 4.79 Å². The van der Waals surface area contributed by atoms with Crippen molar-refractivity contribution >= 4 is 33.4 Å². The molecule has 0 saturated heterocycles. The third-order valence-electron chi connectivity index (χ3n) is 6.89. The smallest absolute Gasteiger partial charge is 0.255 e. The highest BCUT2D eigenvalue weighted by Gasteiger charge is 2.20. The van der Waals surface area contributed by atoms with E-state index in [9.17, 15) is 9.59 Å². The number of benzene rings is 3. The lowest BCUT2D eigenvalue weighted by molar-refractivity contribution is -0.114. The van der Waals surface area contributed by atoms with Crippen LogP contribution in [0.15, 0.2) is 107 Å². The minimum absolute atomic E-state index is 0.0996. The fraction of sp³-hybridized carbons (Fsp3) is 0.156. The molecule has 0 aliphatic heterocycles. The van der Waals surface area contributed by atoms with Crippen LogP contribution in [-0.2, 0) is 11.2 Å². The van der Waals surface area contributed by atoms with E-state index in [-0.39, 0.29) is 11.5 Å². The van der Waals surface area contributed by atoms with E-state index in [0.29, 0.717) is 16.9 Å². The number of nitrogens with zero attached hydrogens (tertiary/aromatic N) is 3. The van der Waals surface area contributed by atoms with Crippen molar-refractivity contribution in [2.24, 2.45) is 0 Å². The fourth-order valence-electron chi connectivity index (χ4n) is 4.65. The van der Waals surface area contributed by atoms with Gasteiger partial charge in [-0.25, -0.2) is 0 Å². The van der Waals surface area contributed by atoms with E-state index in [1.165, 1.54) is 5.56 Å². The standard InChI is InChI=1S/C32H29N3O2/c1-21(2)22(3)32(37)34(4)28-12-8-9-13-29(28)35-30(36)17-15-25-20-33-27-16-14-24(19-26(27)31(25)35)18-23-10-6-5-7-11-23/h5-17,19-20H,18H2,1-4H3. The van der Waals surface area contributed by atoms with Gasteiger partial charge in [-0.05, 0) is 68.7 Å². The van der Waals surface area contributed by atoms with Gasteiger partial charge in [0.1, 0.15) is 0 Å². The molecule has 0 bridgehead atoms. The van der Waals surface area contributed by atoms with Crippen LogP contribution in [0.1, 0.15) is 31.9 Å². The van der Waals surface area contributed by atoms with Gasteiger partial charge in [-0.15, -0.1) is 0 Å². The van der Waals surface area contributed by atoms with Gasteiger partial charge >= 0.3 is 0 Å². The van der Waals surface area contributed by atoms with Crippen molar-refractivity contribution in [3.05, 3.63) is 124 Å². The van der Waals surface area contributed by atoms with Gasteiger partial charge in [-0.2, -0.15) is 0 Å². The molecule has 37 heavy (non-hydrogen) atoms. The van der Waals surface area contributed by atoms with Gasteiger partial charge in [0.25, 0.3) is 11.5 Å². The maximum Gasteiger partial charge on any atom is 0.255 e. The summed E-state index contributed by atoms with van der Waals surface area (Å²) < 4.78 is 1.71. The lowest BCUT2D eigenvalue weighted by Gasteiger charge is -2.23. The van der Waals surface area contributed by atoms with Crippen molar-refractivity contribution in [2.75, 3.05) is 11.9 Å². The second-order valence-corrected chi connectivity index (χ2v) is 9.56. The molecular formula is C32H29N3O2. The summed E-state index contributed by atoms with van der Waals surface area (Å²) in [5.41, 5.74) is 6.72. The molecular weight excluding hydrogens is 458 g/mol. The summed E-state index contributed by atoms with van der Waals surface area (Å²) in [6.45, 7) is 5.68. The number of likely N-dealkylation sites (N-methyl/N-ethyl adjacent to an activating group) is 1. The van der Waals surface area contributed by atoms with Crippen LogP contribution < -0.4 is 10.5 Å². The van der Waals surface area contributed by atoms with Crippen molar-refractivity contribution in [1.29, 1.82) is 0 Å². The fourth-order valence-corrected chi connectivity index (χ4v) is 4.65. The molecule has 2 aromatic heterocycles. The van der Waals surface area contributed by atoms with Crippen LogP contribution in [0.25, 0.3) is 27.5 Å². The first-order chi connectivity index (χ1) is 17.8. The summed E-state index contributed by atoms with van der Waals surface area (Å²) in [7, 11) is 1.75. The van der Waals surface area contributed by atoms with E-state index in [1.54, 1.807) is 28.8 Å². The molecule has 5 aromatic rings. The minimum atomic E-state index is -0.166. The number of carbonyl (C=O) groups is 1. The van der Waals surface area contributed by atoms with Crippen LogP contribution in [-0.4, -0.2) is 22.5 Å². The zero-order valence-corrected chi connectivity index (χ0v) is 21.5. The van der Waals surface area contributed by atoms with Crippen LogP contribution in [0.2, 0.25) is 0 Å². The zero-order valence-electron chi connectivity index (χ0n) is 21.5. The van der Waals surface area contributed by atoms with E-state index in [0.717, 1.165) is 39.4 Å². The van der Waals surface area contributed by atoms with E-state index in [2.05, 4.69) is 29.2 Å². The number of amides is 1. The number of para-hydroxylation sites is 2. The summed E-state index contributed by atoms with van der Waals surface area (Å²) in [6.07, 6.45) is 2.58. The lowest BCUT2D eigenvalue weighted by atomic mass is 10.0. The Hall–Kier alpha value is -4.51. The van der Waals surface area contributed by atoms with Gasteiger partial charge in [0, 0.05) is 35.7 Å². The number of rotatable bonds is 5. The molecule has 5 heteroatoms. The molecule has 0 spiro atoms. The molecule has 0 atom stereocenters. The first-order valence-corrected chi connectivity index (χ1v) is 12.3. The lowest BCUT2D eigenvalue weighted by Crippen LogP contribution is -2.29. The predicted molar refractivity (Wildman–Crippen MR) is 152 cm³/mol. The molecule has 5 nitrogen and oxygen atoms in total. The first-order valence-electron chi connectivity index (χ1n) is 12.3. The van der Waals surface area contributed by atoms with Gasteiger partial charge in [-0.3, -0.25) is 19.1 Å². The molecule has 2 heterocycles. The molecule has 0 unspecified atom stereocenters. The Morgan fingerprint density at radius 2 is 1.59 bits per heavy atom. The van der Waals surface area contributed by atoms with E-state index >= 15 is 0 Å². The van der Waals surface area contributed by atoms with Gasteiger partial charge < -0.3 is 4.90 Å². The number of fused-ring (bicyclic) bond motifs is 3. The number of hydrogen-bond acceptors (Lipinski definition) is 3. The minimum Gasteiger partial charge on any atom is -0.310 e. The van der Waals surface area contributed by atoms with Crippen LogP contribution >= 0.6 is 0 Å². The van der Waals surface area contributed by atoms with Crippen LogP contribution in [0.3, 0.4) is 0 Å². The monoisotopic (exact) mass is 487 g/mol.